The van der Waals surface area contributed by atoms with Gasteiger partial charge in [0.2, 0.25) is 0 Å². The van der Waals surface area contributed by atoms with Gasteiger partial charge in [0.25, 0.3) is 0 Å². The molecule has 1 aliphatic rings. The summed E-state index contributed by atoms with van der Waals surface area (Å²) in [5.41, 5.74) is 1.42. The summed E-state index contributed by atoms with van der Waals surface area (Å²) < 4.78 is 0. The number of nitrogens with one attached hydrogen (secondary N) is 1. The van der Waals surface area contributed by atoms with E-state index in [2.05, 4.69) is 44.1 Å². The van der Waals surface area contributed by atoms with Crippen LogP contribution in [0, 0.1) is 0 Å². The molecule has 0 amide bonds. The largest absolute Gasteiger partial charge is 0.317 e. The Bertz CT molecular complexity index is 194. The van der Waals surface area contributed by atoms with Crippen molar-refractivity contribution in [3.05, 3.63) is 11.6 Å². The summed E-state index contributed by atoms with van der Waals surface area (Å²) in [6.07, 6.45) is 4.90. The summed E-state index contributed by atoms with van der Waals surface area (Å²) in [5.74, 6) is 0. The molecule has 14 heavy (non-hydrogen) atoms. The molecule has 82 valence electrons. The minimum atomic E-state index is 0.719. The second-order valence-electron chi connectivity index (χ2n) is 4.64. The summed E-state index contributed by atoms with van der Waals surface area (Å²) in [7, 11) is 2.07. The van der Waals surface area contributed by atoms with E-state index in [1.54, 1.807) is 0 Å². The third-order valence-electron chi connectivity index (χ3n) is 3.16. The Morgan fingerprint density at radius 3 is 2.71 bits per heavy atom. The number of rotatable bonds is 3. The Morgan fingerprint density at radius 1 is 1.50 bits per heavy atom. The summed E-state index contributed by atoms with van der Waals surface area (Å²) in [4.78, 5) is 2.57. The highest BCUT2D eigenvalue weighted by atomic mass is 15.2. The van der Waals surface area contributed by atoms with Gasteiger partial charge in [-0.2, -0.15) is 0 Å². The molecule has 0 aromatic carbocycles. The number of likely N-dealkylation sites (tertiary alicyclic amines) is 1. The van der Waals surface area contributed by atoms with Crippen molar-refractivity contribution in [1.82, 2.24) is 10.2 Å². The smallest absolute Gasteiger partial charge is 0.0168 e. The van der Waals surface area contributed by atoms with E-state index < -0.39 is 0 Å². The van der Waals surface area contributed by atoms with Crippen molar-refractivity contribution >= 4 is 0 Å². The standard InChI is InChI=1S/C12H24N2/c1-10(2)5-7-14-8-6-12(13-4)9-11(14)3/h5,11-13H,6-9H2,1-4H3. The van der Waals surface area contributed by atoms with E-state index in [4.69, 9.17) is 0 Å². The summed E-state index contributed by atoms with van der Waals surface area (Å²) in [5, 5.41) is 3.38. The molecule has 2 unspecified atom stereocenters. The molecule has 0 aromatic heterocycles. The molecule has 1 N–H and O–H groups in total. The van der Waals surface area contributed by atoms with E-state index in [0.29, 0.717) is 0 Å². The van der Waals surface area contributed by atoms with Crippen molar-refractivity contribution in [2.75, 3.05) is 20.1 Å². The number of nitrogens with zero attached hydrogens (tertiary/aromatic N) is 1. The molecule has 2 nitrogen and oxygen atoms in total. The average Bonchev–Trinajstić information content (AvgIpc) is 2.15. The van der Waals surface area contributed by atoms with Gasteiger partial charge in [-0.05, 0) is 40.7 Å². The second-order valence-corrected chi connectivity index (χ2v) is 4.64. The topological polar surface area (TPSA) is 15.3 Å². The Balaban J connectivity index is 2.38. The molecule has 0 spiro atoms. The molecule has 1 rings (SSSR count). The highest BCUT2D eigenvalue weighted by molar-refractivity contribution is 4.96. The molecular formula is C12H24N2. The first-order valence-electron chi connectivity index (χ1n) is 5.68. The zero-order chi connectivity index (χ0) is 10.6. The molecule has 1 fully saturated rings. The van der Waals surface area contributed by atoms with E-state index >= 15 is 0 Å². The third-order valence-corrected chi connectivity index (χ3v) is 3.16. The van der Waals surface area contributed by atoms with Crippen molar-refractivity contribution in [2.45, 2.75) is 45.7 Å². The van der Waals surface area contributed by atoms with Crippen molar-refractivity contribution in [3.8, 4) is 0 Å². The van der Waals surface area contributed by atoms with E-state index in [0.717, 1.165) is 18.6 Å². The number of hydrogen-bond donors (Lipinski definition) is 1. The van der Waals surface area contributed by atoms with E-state index in [9.17, 15) is 0 Å². The van der Waals surface area contributed by atoms with Gasteiger partial charge < -0.3 is 5.32 Å². The van der Waals surface area contributed by atoms with Crippen LogP contribution >= 0.6 is 0 Å². The van der Waals surface area contributed by atoms with Crippen LogP contribution < -0.4 is 5.32 Å². The molecule has 0 radical (unpaired) electrons. The maximum Gasteiger partial charge on any atom is 0.0168 e. The fraction of sp³-hybridized carbons (Fsp3) is 0.833. The molecule has 0 saturated carbocycles. The van der Waals surface area contributed by atoms with Gasteiger partial charge in [0.1, 0.15) is 0 Å². The van der Waals surface area contributed by atoms with Crippen LogP contribution in [0.3, 0.4) is 0 Å². The molecular weight excluding hydrogens is 172 g/mol. The van der Waals surface area contributed by atoms with E-state index in [1.165, 1.54) is 25.0 Å². The number of piperidine rings is 1. The molecule has 0 aromatic rings. The van der Waals surface area contributed by atoms with Gasteiger partial charge >= 0.3 is 0 Å². The van der Waals surface area contributed by atoms with Crippen LogP contribution in [-0.2, 0) is 0 Å². The monoisotopic (exact) mass is 196 g/mol. The van der Waals surface area contributed by atoms with Crippen LogP contribution in [0.1, 0.15) is 33.6 Å². The van der Waals surface area contributed by atoms with Gasteiger partial charge in [0.05, 0.1) is 0 Å². The van der Waals surface area contributed by atoms with Gasteiger partial charge in [-0.1, -0.05) is 11.6 Å². The van der Waals surface area contributed by atoms with Crippen LogP contribution in [0.5, 0.6) is 0 Å². The van der Waals surface area contributed by atoms with Gasteiger partial charge in [0.15, 0.2) is 0 Å². The van der Waals surface area contributed by atoms with Crippen LogP contribution in [0.4, 0.5) is 0 Å². The normalized spacial score (nSPS) is 28.9. The van der Waals surface area contributed by atoms with Crippen LogP contribution in [0.15, 0.2) is 11.6 Å². The fourth-order valence-electron chi connectivity index (χ4n) is 2.05. The van der Waals surface area contributed by atoms with Gasteiger partial charge in [-0.25, -0.2) is 0 Å². The van der Waals surface area contributed by atoms with Crippen LogP contribution in [-0.4, -0.2) is 37.1 Å². The molecule has 1 aliphatic heterocycles. The predicted octanol–water partition coefficient (Wildman–Crippen LogP) is 2.02. The maximum absolute atomic E-state index is 3.38. The lowest BCUT2D eigenvalue weighted by atomic mass is 9.98. The van der Waals surface area contributed by atoms with Gasteiger partial charge in [-0.3, -0.25) is 4.90 Å². The summed E-state index contributed by atoms with van der Waals surface area (Å²) >= 11 is 0. The second kappa shape index (κ2) is 5.52. The van der Waals surface area contributed by atoms with Crippen molar-refractivity contribution < 1.29 is 0 Å². The summed E-state index contributed by atoms with van der Waals surface area (Å²) in [6, 6.07) is 1.45. The minimum Gasteiger partial charge on any atom is -0.317 e. The Morgan fingerprint density at radius 2 is 2.21 bits per heavy atom. The van der Waals surface area contributed by atoms with E-state index in [-0.39, 0.29) is 0 Å². The average molecular weight is 196 g/mol. The molecule has 0 bridgehead atoms. The maximum atomic E-state index is 3.38. The third kappa shape index (κ3) is 3.43. The molecule has 0 aliphatic carbocycles. The zero-order valence-corrected chi connectivity index (χ0v) is 10.0. The van der Waals surface area contributed by atoms with Crippen LogP contribution in [0.25, 0.3) is 0 Å². The first-order valence-corrected chi connectivity index (χ1v) is 5.68. The van der Waals surface area contributed by atoms with Crippen LogP contribution in [0.2, 0.25) is 0 Å². The number of allylic oxidation sites excluding steroid dienone is 1. The fourth-order valence-corrected chi connectivity index (χ4v) is 2.05. The minimum absolute atomic E-state index is 0.719. The van der Waals surface area contributed by atoms with Gasteiger partial charge in [-0.15, -0.1) is 0 Å². The van der Waals surface area contributed by atoms with Gasteiger partial charge in [0, 0.05) is 25.2 Å². The number of hydrogen-bond acceptors (Lipinski definition) is 2. The molecule has 2 heteroatoms. The van der Waals surface area contributed by atoms with Crippen molar-refractivity contribution in [3.63, 3.8) is 0 Å². The quantitative estimate of drug-likeness (QED) is 0.695. The lowest BCUT2D eigenvalue weighted by molar-refractivity contribution is 0.154. The SMILES string of the molecule is CNC1CCN(CC=C(C)C)C(C)C1. The Hall–Kier alpha value is -0.340. The highest BCUT2D eigenvalue weighted by Gasteiger charge is 2.23. The predicted molar refractivity (Wildman–Crippen MR) is 62.5 cm³/mol. The zero-order valence-electron chi connectivity index (χ0n) is 10.0. The highest BCUT2D eigenvalue weighted by Crippen LogP contribution is 2.16. The van der Waals surface area contributed by atoms with Crippen molar-refractivity contribution in [2.24, 2.45) is 0 Å². The lowest BCUT2D eigenvalue weighted by Gasteiger charge is -2.37. The molecule has 2 atom stereocenters. The Kier molecular flexibility index (Phi) is 4.63. The first kappa shape index (κ1) is 11.7. The lowest BCUT2D eigenvalue weighted by Crippen LogP contribution is -2.46. The summed E-state index contributed by atoms with van der Waals surface area (Å²) in [6.45, 7) is 9.04. The molecule has 1 saturated heterocycles. The molecule has 1 heterocycles. The Labute approximate surface area is 88.4 Å². The van der Waals surface area contributed by atoms with E-state index in [1.807, 2.05) is 0 Å². The van der Waals surface area contributed by atoms with Crippen molar-refractivity contribution in [1.29, 1.82) is 0 Å². The first-order chi connectivity index (χ1) is 6.63.